The van der Waals surface area contributed by atoms with Gasteiger partial charge >= 0.3 is 0 Å². The predicted octanol–water partition coefficient (Wildman–Crippen LogP) is 3.81. The van der Waals surface area contributed by atoms with E-state index in [4.69, 9.17) is 0 Å². The molecule has 2 aromatic carbocycles. The Morgan fingerprint density at radius 3 is 2.33 bits per heavy atom. The topological polar surface area (TPSA) is 133 Å². The van der Waals surface area contributed by atoms with Crippen molar-refractivity contribution in [3.05, 3.63) is 93.9 Å². The van der Waals surface area contributed by atoms with Crippen LogP contribution in [0.2, 0.25) is 0 Å². The molecule has 0 saturated carbocycles. The van der Waals surface area contributed by atoms with Crippen LogP contribution in [0.5, 0.6) is 0 Å². The first-order valence-corrected chi connectivity index (χ1v) is 14.1. The van der Waals surface area contributed by atoms with E-state index < -0.39 is 0 Å². The van der Waals surface area contributed by atoms with Crippen molar-refractivity contribution in [3.63, 3.8) is 0 Å². The summed E-state index contributed by atoms with van der Waals surface area (Å²) in [6, 6.07) is 17.8. The fraction of sp³-hybridized carbons (Fsp3) is 0.281. The number of rotatable bonds is 7. The van der Waals surface area contributed by atoms with Gasteiger partial charge in [-0.15, -0.1) is 0 Å². The zero-order valence-corrected chi connectivity index (χ0v) is 24.7. The molecule has 3 heterocycles. The smallest absolute Gasteiger partial charge is 0.290 e. The highest BCUT2D eigenvalue weighted by atomic mass is 16.3. The molecule has 5 rings (SSSR count). The molecule has 0 atom stereocenters. The molecule has 11 nitrogen and oxygen atoms in total. The van der Waals surface area contributed by atoms with Crippen molar-refractivity contribution >= 4 is 34.7 Å². The van der Waals surface area contributed by atoms with Gasteiger partial charge in [0.2, 0.25) is 0 Å². The van der Waals surface area contributed by atoms with Crippen molar-refractivity contribution in [1.82, 2.24) is 19.7 Å². The van der Waals surface area contributed by atoms with E-state index in [9.17, 15) is 19.5 Å². The second-order valence-corrected chi connectivity index (χ2v) is 10.8. The van der Waals surface area contributed by atoms with Gasteiger partial charge in [-0.2, -0.15) is 5.10 Å². The van der Waals surface area contributed by atoms with Crippen LogP contribution in [0.3, 0.4) is 0 Å². The van der Waals surface area contributed by atoms with E-state index in [1.807, 2.05) is 56.3 Å². The second kappa shape index (κ2) is 12.5. The minimum absolute atomic E-state index is 0.138. The molecule has 1 aliphatic heterocycles. The summed E-state index contributed by atoms with van der Waals surface area (Å²) in [6.45, 7) is 2.90. The van der Waals surface area contributed by atoms with Crippen molar-refractivity contribution in [2.24, 2.45) is 7.05 Å². The Hall–Kier alpha value is -5.03. The number of carbonyl (C=O) groups is 2. The fourth-order valence-electron chi connectivity index (χ4n) is 4.97. The fourth-order valence-corrected chi connectivity index (χ4v) is 4.97. The summed E-state index contributed by atoms with van der Waals surface area (Å²) in [4.78, 5) is 46.8. The molecule has 1 fully saturated rings. The van der Waals surface area contributed by atoms with Gasteiger partial charge < -0.3 is 25.5 Å². The zero-order chi connectivity index (χ0) is 30.7. The van der Waals surface area contributed by atoms with Crippen molar-refractivity contribution < 1.29 is 14.7 Å². The van der Waals surface area contributed by atoms with Crippen molar-refractivity contribution in [2.75, 3.05) is 42.7 Å². The molecule has 1 saturated heterocycles. The summed E-state index contributed by atoms with van der Waals surface area (Å²) >= 11 is 0. The Morgan fingerprint density at radius 2 is 1.67 bits per heavy atom. The van der Waals surface area contributed by atoms with Crippen LogP contribution in [-0.2, 0) is 7.05 Å². The SMILES string of the molecule is Cc1c(NC(=O)c2ccc(N(C)C)cc2)cccc1-c1cc(Nc2ccc(C(=O)N3CCC(O)CC3)cn2)c(=O)n(C)n1. The monoisotopic (exact) mass is 581 g/mol. The molecule has 0 radical (unpaired) electrons. The highest BCUT2D eigenvalue weighted by Crippen LogP contribution is 2.29. The highest BCUT2D eigenvalue weighted by Gasteiger charge is 2.22. The Bertz CT molecular complexity index is 1690. The molecule has 43 heavy (non-hydrogen) atoms. The van der Waals surface area contributed by atoms with Crippen LogP contribution in [-0.4, -0.2) is 69.9 Å². The Morgan fingerprint density at radius 1 is 0.977 bits per heavy atom. The van der Waals surface area contributed by atoms with Crippen LogP contribution < -0.4 is 21.1 Å². The zero-order valence-electron chi connectivity index (χ0n) is 24.7. The van der Waals surface area contributed by atoms with Gasteiger partial charge in [-0.1, -0.05) is 12.1 Å². The molecule has 222 valence electrons. The first-order chi connectivity index (χ1) is 20.6. The number of likely N-dealkylation sites (tertiary alicyclic amines) is 1. The van der Waals surface area contributed by atoms with Crippen LogP contribution in [0.4, 0.5) is 22.9 Å². The Kier molecular flexibility index (Phi) is 8.53. The summed E-state index contributed by atoms with van der Waals surface area (Å²) in [5.74, 6) is 0.0335. The number of amides is 2. The number of hydrogen-bond acceptors (Lipinski definition) is 8. The number of aliphatic hydroxyl groups excluding tert-OH is 1. The van der Waals surface area contributed by atoms with E-state index >= 15 is 0 Å². The van der Waals surface area contributed by atoms with Gasteiger partial charge in [0.25, 0.3) is 17.4 Å². The largest absolute Gasteiger partial charge is 0.393 e. The number of aromatic nitrogens is 3. The Balaban J connectivity index is 1.34. The maximum Gasteiger partial charge on any atom is 0.290 e. The molecule has 2 amide bonds. The summed E-state index contributed by atoms with van der Waals surface area (Å²) in [7, 11) is 5.45. The number of pyridine rings is 1. The van der Waals surface area contributed by atoms with E-state index in [-0.39, 0.29) is 29.2 Å². The first kappa shape index (κ1) is 29.5. The van der Waals surface area contributed by atoms with Crippen molar-refractivity contribution in [3.8, 4) is 11.3 Å². The molecule has 3 N–H and O–H groups in total. The lowest BCUT2D eigenvalue weighted by Crippen LogP contribution is -2.40. The van der Waals surface area contributed by atoms with Gasteiger partial charge in [0.05, 0.1) is 17.4 Å². The lowest BCUT2D eigenvalue weighted by atomic mass is 10.0. The van der Waals surface area contributed by atoms with Crippen molar-refractivity contribution in [1.29, 1.82) is 0 Å². The quantitative estimate of drug-likeness (QED) is 0.300. The average molecular weight is 582 g/mol. The molecular weight excluding hydrogens is 546 g/mol. The summed E-state index contributed by atoms with van der Waals surface area (Å²) in [5.41, 5.74) is 4.61. The third kappa shape index (κ3) is 6.57. The molecule has 1 aliphatic rings. The number of carbonyl (C=O) groups excluding carboxylic acids is 2. The summed E-state index contributed by atoms with van der Waals surface area (Å²) in [5, 5.41) is 20.2. The molecular formula is C32H35N7O4. The summed E-state index contributed by atoms with van der Waals surface area (Å²) in [6.07, 6.45) is 2.24. The van der Waals surface area contributed by atoms with E-state index in [0.717, 1.165) is 16.8 Å². The molecule has 11 heteroatoms. The third-order valence-corrected chi connectivity index (χ3v) is 7.59. The van der Waals surface area contributed by atoms with Gasteiger partial charge in [-0.3, -0.25) is 14.4 Å². The van der Waals surface area contributed by atoms with Crippen LogP contribution in [0.1, 0.15) is 39.1 Å². The molecule has 0 spiro atoms. The van der Waals surface area contributed by atoms with Gasteiger partial charge in [-0.05, 0) is 73.9 Å². The lowest BCUT2D eigenvalue weighted by molar-refractivity contribution is 0.0546. The molecule has 2 aromatic heterocycles. The molecule has 0 unspecified atom stereocenters. The summed E-state index contributed by atoms with van der Waals surface area (Å²) < 4.78 is 1.25. The number of nitrogens with zero attached hydrogens (tertiary/aromatic N) is 5. The van der Waals surface area contributed by atoms with E-state index in [0.29, 0.717) is 54.3 Å². The van der Waals surface area contributed by atoms with Crippen LogP contribution >= 0.6 is 0 Å². The highest BCUT2D eigenvalue weighted by molar-refractivity contribution is 6.05. The lowest BCUT2D eigenvalue weighted by Gasteiger charge is -2.29. The molecule has 0 aliphatic carbocycles. The van der Waals surface area contributed by atoms with Crippen LogP contribution in [0.25, 0.3) is 11.3 Å². The second-order valence-electron chi connectivity index (χ2n) is 10.8. The van der Waals surface area contributed by atoms with Gasteiger partial charge in [-0.25, -0.2) is 9.67 Å². The molecule has 0 bridgehead atoms. The van der Waals surface area contributed by atoms with Gasteiger partial charge in [0.1, 0.15) is 11.5 Å². The van der Waals surface area contributed by atoms with Crippen LogP contribution in [0.15, 0.2) is 71.7 Å². The average Bonchev–Trinajstić information content (AvgIpc) is 3.01. The van der Waals surface area contributed by atoms with Crippen LogP contribution in [0, 0.1) is 6.92 Å². The number of aryl methyl sites for hydroxylation is 1. The minimum Gasteiger partial charge on any atom is -0.393 e. The third-order valence-electron chi connectivity index (χ3n) is 7.59. The van der Waals surface area contributed by atoms with E-state index in [1.54, 1.807) is 42.3 Å². The number of aliphatic hydroxyl groups is 1. The van der Waals surface area contributed by atoms with Gasteiger partial charge in [0.15, 0.2) is 0 Å². The number of benzene rings is 2. The number of piperidine rings is 1. The van der Waals surface area contributed by atoms with Crippen molar-refractivity contribution in [2.45, 2.75) is 25.9 Å². The van der Waals surface area contributed by atoms with E-state index in [2.05, 4.69) is 20.7 Å². The standard InChI is InChI=1S/C32H35N7O4/c1-20-25(6-5-7-26(20)35-30(41)21-8-11-23(12-9-21)37(2)3)27-18-28(32(43)38(4)36-27)34-29-13-10-22(19-33-29)31(42)39-16-14-24(40)15-17-39/h5-13,18-19,24,40H,14-17H2,1-4H3,(H,33,34)(H,35,41). The Labute approximate surface area is 249 Å². The molecule has 4 aromatic rings. The van der Waals surface area contributed by atoms with Gasteiger partial charge in [0, 0.05) is 62.9 Å². The number of nitrogens with one attached hydrogen (secondary N) is 2. The normalized spacial score (nSPS) is 13.5. The first-order valence-electron chi connectivity index (χ1n) is 14.1. The minimum atomic E-state index is -0.363. The number of hydrogen-bond donors (Lipinski definition) is 3. The maximum absolute atomic E-state index is 13.0. The van der Waals surface area contributed by atoms with E-state index in [1.165, 1.54) is 10.9 Å². The maximum atomic E-state index is 13.0. The number of anilines is 4. The predicted molar refractivity (Wildman–Crippen MR) is 167 cm³/mol.